The van der Waals surface area contributed by atoms with Crippen molar-refractivity contribution in [2.75, 3.05) is 18.0 Å². The van der Waals surface area contributed by atoms with Crippen molar-refractivity contribution in [3.63, 3.8) is 0 Å². The molecule has 0 saturated carbocycles. The fourth-order valence-electron chi connectivity index (χ4n) is 2.44. The minimum Gasteiger partial charge on any atom is -0.354 e. The Morgan fingerprint density at radius 3 is 2.95 bits per heavy atom. The minimum atomic E-state index is -0.413. The van der Waals surface area contributed by atoms with Crippen molar-refractivity contribution in [3.8, 4) is 0 Å². The number of hydrogen-bond donors (Lipinski definition) is 2. The molecule has 0 spiro atoms. The van der Waals surface area contributed by atoms with Gasteiger partial charge in [0.2, 0.25) is 5.91 Å². The summed E-state index contributed by atoms with van der Waals surface area (Å²) >= 11 is 0. The van der Waals surface area contributed by atoms with E-state index in [1.165, 1.54) is 0 Å². The van der Waals surface area contributed by atoms with Crippen molar-refractivity contribution in [3.05, 3.63) is 24.4 Å². The normalized spacial score (nSPS) is 20.5. The fourth-order valence-corrected chi connectivity index (χ4v) is 2.44. The number of rotatable bonds is 5. The maximum absolute atomic E-state index is 12.1. The Balaban J connectivity index is 0.00000220. The largest absolute Gasteiger partial charge is 0.354 e. The zero-order chi connectivity index (χ0) is 14.5. The van der Waals surface area contributed by atoms with Gasteiger partial charge in [0.1, 0.15) is 5.82 Å². The Bertz CT molecular complexity index is 443. The molecule has 1 aromatic heterocycles. The lowest BCUT2D eigenvalue weighted by Crippen LogP contribution is -2.49. The molecule has 1 fully saturated rings. The van der Waals surface area contributed by atoms with Gasteiger partial charge in [-0.05, 0) is 24.5 Å². The van der Waals surface area contributed by atoms with E-state index in [0.29, 0.717) is 0 Å². The van der Waals surface area contributed by atoms with Gasteiger partial charge < -0.3 is 16.0 Å². The summed E-state index contributed by atoms with van der Waals surface area (Å²) in [5, 5.41) is 3.06. The Hall–Kier alpha value is -1.33. The number of nitrogens with two attached hydrogens (primary N) is 1. The molecule has 5 nitrogen and oxygen atoms in total. The van der Waals surface area contributed by atoms with Gasteiger partial charge >= 0.3 is 0 Å². The average molecular weight is 313 g/mol. The van der Waals surface area contributed by atoms with Crippen molar-refractivity contribution < 1.29 is 4.79 Å². The van der Waals surface area contributed by atoms with E-state index in [-0.39, 0.29) is 30.3 Å². The molecule has 3 N–H and O–H groups in total. The van der Waals surface area contributed by atoms with Gasteiger partial charge in [-0.1, -0.05) is 26.3 Å². The highest BCUT2D eigenvalue weighted by molar-refractivity contribution is 5.85. The lowest BCUT2D eigenvalue weighted by molar-refractivity contribution is -0.124. The third-order valence-corrected chi connectivity index (χ3v) is 4.07. The standard InChI is InChI=1S/C15H24N4O.ClH/c1-3-11(2)14(16)15(20)18-12-7-9-19(10-12)13-6-4-5-8-17-13;/h4-6,8,11-12,14H,3,7,9-10,16H2,1-2H3,(H,18,20);1H. The summed E-state index contributed by atoms with van der Waals surface area (Å²) in [5.74, 6) is 1.14. The molecule has 2 heterocycles. The molecule has 3 atom stereocenters. The predicted octanol–water partition coefficient (Wildman–Crippen LogP) is 1.57. The van der Waals surface area contributed by atoms with Crippen LogP contribution in [0.5, 0.6) is 0 Å². The highest BCUT2D eigenvalue weighted by Gasteiger charge is 2.27. The summed E-state index contributed by atoms with van der Waals surface area (Å²) in [6.07, 6.45) is 3.65. The maximum Gasteiger partial charge on any atom is 0.237 e. The van der Waals surface area contributed by atoms with Crippen LogP contribution in [0.1, 0.15) is 26.7 Å². The van der Waals surface area contributed by atoms with Gasteiger partial charge in [-0.15, -0.1) is 12.4 Å². The predicted molar refractivity (Wildman–Crippen MR) is 87.7 cm³/mol. The molecule has 21 heavy (non-hydrogen) atoms. The fraction of sp³-hybridized carbons (Fsp3) is 0.600. The highest BCUT2D eigenvalue weighted by atomic mass is 35.5. The first-order valence-corrected chi connectivity index (χ1v) is 7.33. The summed E-state index contributed by atoms with van der Waals surface area (Å²) in [5.41, 5.74) is 5.96. The number of carbonyl (C=O) groups excluding carboxylic acids is 1. The van der Waals surface area contributed by atoms with Crippen LogP contribution in [0.2, 0.25) is 0 Å². The number of halogens is 1. The van der Waals surface area contributed by atoms with Gasteiger partial charge in [-0.3, -0.25) is 4.79 Å². The Morgan fingerprint density at radius 1 is 1.57 bits per heavy atom. The van der Waals surface area contributed by atoms with E-state index >= 15 is 0 Å². The van der Waals surface area contributed by atoms with Crippen LogP contribution in [0.3, 0.4) is 0 Å². The van der Waals surface area contributed by atoms with Gasteiger partial charge in [0.25, 0.3) is 0 Å². The number of carbonyl (C=O) groups is 1. The third-order valence-electron chi connectivity index (χ3n) is 4.07. The summed E-state index contributed by atoms with van der Waals surface area (Å²) in [4.78, 5) is 18.6. The monoisotopic (exact) mass is 312 g/mol. The van der Waals surface area contributed by atoms with E-state index in [1.54, 1.807) is 6.20 Å². The number of anilines is 1. The van der Waals surface area contributed by atoms with Gasteiger partial charge in [-0.2, -0.15) is 0 Å². The van der Waals surface area contributed by atoms with Crippen LogP contribution in [0, 0.1) is 5.92 Å². The van der Waals surface area contributed by atoms with E-state index in [9.17, 15) is 4.79 Å². The number of aromatic nitrogens is 1. The second-order valence-corrected chi connectivity index (χ2v) is 5.54. The molecular formula is C15H25ClN4O. The molecule has 6 heteroatoms. The summed E-state index contributed by atoms with van der Waals surface area (Å²) in [6, 6.07) is 5.63. The lowest BCUT2D eigenvalue weighted by Gasteiger charge is -2.21. The smallest absolute Gasteiger partial charge is 0.237 e. The van der Waals surface area contributed by atoms with E-state index in [4.69, 9.17) is 5.73 Å². The van der Waals surface area contributed by atoms with Crippen LogP contribution >= 0.6 is 12.4 Å². The lowest BCUT2D eigenvalue weighted by atomic mass is 9.99. The Labute approximate surface area is 132 Å². The number of nitrogens with one attached hydrogen (secondary N) is 1. The van der Waals surface area contributed by atoms with Crippen LogP contribution in [-0.2, 0) is 4.79 Å². The molecule has 2 rings (SSSR count). The molecule has 0 bridgehead atoms. The SMILES string of the molecule is CCC(C)C(N)C(=O)NC1CCN(c2ccccn2)C1.Cl. The number of hydrogen-bond acceptors (Lipinski definition) is 4. The number of pyridine rings is 1. The number of amides is 1. The zero-order valence-electron chi connectivity index (χ0n) is 12.7. The van der Waals surface area contributed by atoms with Crippen LogP contribution in [0.25, 0.3) is 0 Å². The molecule has 118 valence electrons. The molecule has 1 aliphatic heterocycles. The van der Waals surface area contributed by atoms with Gasteiger partial charge in [-0.25, -0.2) is 4.98 Å². The van der Waals surface area contributed by atoms with Crippen LogP contribution in [0.15, 0.2) is 24.4 Å². The molecule has 1 amide bonds. The van der Waals surface area contributed by atoms with E-state index < -0.39 is 6.04 Å². The van der Waals surface area contributed by atoms with Crippen molar-refractivity contribution in [2.24, 2.45) is 11.7 Å². The molecule has 0 aromatic carbocycles. The van der Waals surface area contributed by atoms with Crippen LogP contribution in [0.4, 0.5) is 5.82 Å². The summed E-state index contributed by atoms with van der Waals surface area (Å²) < 4.78 is 0. The zero-order valence-corrected chi connectivity index (χ0v) is 13.5. The second-order valence-electron chi connectivity index (χ2n) is 5.54. The first-order valence-electron chi connectivity index (χ1n) is 7.33. The molecule has 1 saturated heterocycles. The highest BCUT2D eigenvalue weighted by Crippen LogP contribution is 2.17. The molecule has 3 unspecified atom stereocenters. The first-order chi connectivity index (χ1) is 9.61. The van der Waals surface area contributed by atoms with E-state index in [0.717, 1.165) is 31.7 Å². The maximum atomic E-state index is 12.1. The summed E-state index contributed by atoms with van der Waals surface area (Å²) in [6.45, 7) is 5.78. The van der Waals surface area contributed by atoms with Crippen molar-refractivity contribution in [2.45, 2.75) is 38.8 Å². The molecule has 1 aromatic rings. The first kappa shape index (κ1) is 17.7. The van der Waals surface area contributed by atoms with Crippen molar-refractivity contribution >= 4 is 24.1 Å². The van der Waals surface area contributed by atoms with Gasteiger partial charge in [0.05, 0.1) is 6.04 Å². The van der Waals surface area contributed by atoms with E-state index in [2.05, 4.69) is 22.1 Å². The van der Waals surface area contributed by atoms with Crippen molar-refractivity contribution in [1.82, 2.24) is 10.3 Å². The Morgan fingerprint density at radius 2 is 2.33 bits per heavy atom. The van der Waals surface area contributed by atoms with Gasteiger partial charge in [0.15, 0.2) is 0 Å². The summed E-state index contributed by atoms with van der Waals surface area (Å²) in [7, 11) is 0. The molecule has 0 aliphatic carbocycles. The Kier molecular flexibility index (Phi) is 6.92. The van der Waals surface area contributed by atoms with Crippen LogP contribution < -0.4 is 16.0 Å². The molecule has 1 aliphatic rings. The van der Waals surface area contributed by atoms with Gasteiger partial charge in [0, 0.05) is 25.3 Å². The second kappa shape index (κ2) is 8.20. The van der Waals surface area contributed by atoms with Crippen LogP contribution in [-0.4, -0.2) is 36.1 Å². The minimum absolute atomic E-state index is 0. The third kappa shape index (κ3) is 4.58. The van der Waals surface area contributed by atoms with Crippen molar-refractivity contribution in [1.29, 1.82) is 0 Å². The topological polar surface area (TPSA) is 71.2 Å². The quantitative estimate of drug-likeness (QED) is 0.866. The van der Waals surface area contributed by atoms with E-state index in [1.807, 2.05) is 25.1 Å². The average Bonchev–Trinajstić information content (AvgIpc) is 2.95. The molecular weight excluding hydrogens is 288 g/mol. The molecule has 0 radical (unpaired) electrons. The number of nitrogens with zero attached hydrogens (tertiary/aromatic N) is 2.